The Balaban J connectivity index is 1.95. The van der Waals surface area contributed by atoms with Crippen LogP contribution < -0.4 is 4.74 Å². The highest BCUT2D eigenvalue weighted by Crippen LogP contribution is 2.30. The number of rotatable bonds is 10. The fourth-order valence-corrected chi connectivity index (χ4v) is 2.87. The number of benzene rings is 2. The zero-order valence-electron chi connectivity index (χ0n) is 14.1. The molecule has 0 fully saturated rings. The maximum absolute atomic E-state index is 10.2. The maximum Gasteiger partial charge on any atom is 0.119 e. The van der Waals surface area contributed by atoms with Gasteiger partial charge in [-0.25, -0.2) is 0 Å². The Morgan fingerprint density at radius 3 is 2.30 bits per heavy atom. The molecule has 1 atom stereocenters. The first kappa shape index (κ1) is 17.4. The second-order valence-electron chi connectivity index (χ2n) is 6.08. The minimum Gasteiger partial charge on any atom is -0.508 e. The van der Waals surface area contributed by atoms with Crippen LogP contribution >= 0.6 is 0 Å². The second kappa shape index (κ2) is 9.94. The Labute approximate surface area is 140 Å². The summed E-state index contributed by atoms with van der Waals surface area (Å²) in [6.45, 7) is 2.84. The standard InChI is InChI=1S/C21H28O2/c1-2-3-4-5-7-12-18(20-15-10-11-16-21(20)22)17-23-19-13-8-6-9-14-19/h6,8-11,13-16,18,22H,2-5,7,12,17H2,1H3. The van der Waals surface area contributed by atoms with Gasteiger partial charge in [0.25, 0.3) is 0 Å². The Hall–Kier alpha value is -1.96. The highest BCUT2D eigenvalue weighted by molar-refractivity contribution is 5.35. The van der Waals surface area contributed by atoms with E-state index in [4.69, 9.17) is 4.74 Å². The number of ether oxygens (including phenoxy) is 1. The second-order valence-corrected chi connectivity index (χ2v) is 6.08. The molecule has 124 valence electrons. The van der Waals surface area contributed by atoms with Gasteiger partial charge >= 0.3 is 0 Å². The summed E-state index contributed by atoms with van der Waals surface area (Å²) in [5.74, 6) is 1.50. The summed E-state index contributed by atoms with van der Waals surface area (Å²) in [6.07, 6.45) is 7.35. The molecule has 23 heavy (non-hydrogen) atoms. The molecule has 0 amide bonds. The van der Waals surface area contributed by atoms with E-state index in [1.807, 2.05) is 48.5 Å². The third-order valence-electron chi connectivity index (χ3n) is 4.23. The molecule has 0 saturated carbocycles. The molecule has 1 unspecified atom stereocenters. The van der Waals surface area contributed by atoms with Gasteiger partial charge in [0.05, 0.1) is 6.61 Å². The van der Waals surface area contributed by atoms with Crippen LogP contribution in [0.2, 0.25) is 0 Å². The van der Waals surface area contributed by atoms with Gasteiger partial charge in [-0.2, -0.15) is 0 Å². The molecule has 2 aromatic carbocycles. The van der Waals surface area contributed by atoms with Gasteiger partial charge in [-0.05, 0) is 24.6 Å². The minimum atomic E-state index is 0.234. The summed E-state index contributed by atoms with van der Waals surface area (Å²) >= 11 is 0. The average molecular weight is 312 g/mol. The van der Waals surface area contributed by atoms with Gasteiger partial charge in [0.2, 0.25) is 0 Å². The van der Waals surface area contributed by atoms with E-state index in [0.717, 1.165) is 17.7 Å². The van der Waals surface area contributed by atoms with Crippen molar-refractivity contribution in [3.8, 4) is 11.5 Å². The molecule has 2 rings (SSSR count). The van der Waals surface area contributed by atoms with Crippen LogP contribution in [-0.4, -0.2) is 11.7 Å². The van der Waals surface area contributed by atoms with Crippen molar-refractivity contribution in [1.82, 2.24) is 0 Å². The topological polar surface area (TPSA) is 29.5 Å². The molecule has 2 nitrogen and oxygen atoms in total. The summed E-state index contributed by atoms with van der Waals surface area (Å²) in [6, 6.07) is 17.5. The summed E-state index contributed by atoms with van der Waals surface area (Å²) in [7, 11) is 0. The molecule has 2 heteroatoms. The Bertz CT molecular complexity index is 551. The molecule has 2 aromatic rings. The van der Waals surface area contributed by atoms with E-state index in [2.05, 4.69) is 6.92 Å². The van der Waals surface area contributed by atoms with Gasteiger partial charge in [-0.1, -0.05) is 75.4 Å². The molecule has 0 aliphatic heterocycles. The number of unbranched alkanes of at least 4 members (excludes halogenated alkanes) is 4. The van der Waals surface area contributed by atoms with E-state index in [1.54, 1.807) is 6.07 Å². The van der Waals surface area contributed by atoms with Crippen LogP contribution in [0.15, 0.2) is 54.6 Å². The lowest BCUT2D eigenvalue weighted by atomic mass is 9.93. The minimum absolute atomic E-state index is 0.234. The average Bonchev–Trinajstić information content (AvgIpc) is 2.59. The highest BCUT2D eigenvalue weighted by Gasteiger charge is 2.16. The van der Waals surface area contributed by atoms with Crippen molar-refractivity contribution in [2.24, 2.45) is 0 Å². The van der Waals surface area contributed by atoms with E-state index >= 15 is 0 Å². The molecule has 0 heterocycles. The van der Waals surface area contributed by atoms with Crippen LogP contribution in [0.5, 0.6) is 11.5 Å². The van der Waals surface area contributed by atoms with Gasteiger partial charge in [-0.3, -0.25) is 0 Å². The smallest absolute Gasteiger partial charge is 0.119 e. The summed E-state index contributed by atoms with van der Waals surface area (Å²) in [5, 5.41) is 10.2. The van der Waals surface area contributed by atoms with Crippen molar-refractivity contribution in [3.05, 3.63) is 60.2 Å². The van der Waals surface area contributed by atoms with Crippen LogP contribution in [0.3, 0.4) is 0 Å². The van der Waals surface area contributed by atoms with Crippen molar-refractivity contribution in [1.29, 1.82) is 0 Å². The SMILES string of the molecule is CCCCCCCC(COc1ccccc1)c1ccccc1O. The third-order valence-corrected chi connectivity index (χ3v) is 4.23. The summed E-state index contributed by atoms with van der Waals surface area (Å²) in [4.78, 5) is 0. The number of phenols is 1. The predicted molar refractivity (Wildman–Crippen MR) is 96.2 cm³/mol. The van der Waals surface area contributed by atoms with E-state index in [-0.39, 0.29) is 5.92 Å². The molecule has 0 saturated heterocycles. The zero-order chi connectivity index (χ0) is 16.3. The van der Waals surface area contributed by atoms with Crippen molar-refractivity contribution >= 4 is 0 Å². The highest BCUT2D eigenvalue weighted by atomic mass is 16.5. The monoisotopic (exact) mass is 312 g/mol. The van der Waals surface area contributed by atoms with Crippen molar-refractivity contribution in [2.45, 2.75) is 51.4 Å². The lowest BCUT2D eigenvalue weighted by Crippen LogP contribution is -2.11. The van der Waals surface area contributed by atoms with E-state index in [9.17, 15) is 5.11 Å². The molecule has 0 aliphatic carbocycles. The molecule has 0 aromatic heterocycles. The largest absolute Gasteiger partial charge is 0.508 e. The van der Waals surface area contributed by atoms with Gasteiger partial charge in [0.15, 0.2) is 0 Å². The van der Waals surface area contributed by atoms with Gasteiger partial charge in [0.1, 0.15) is 11.5 Å². The molecule has 0 aliphatic rings. The lowest BCUT2D eigenvalue weighted by molar-refractivity contribution is 0.275. The van der Waals surface area contributed by atoms with Crippen molar-refractivity contribution < 1.29 is 9.84 Å². The first-order valence-electron chi connectivity index (χ1n) is 8.77. The summed E-state index contributed by atoms with van der Waals surface area (Å²) < 4.78 is 5.94. The Morgan fingerprint density at radius 2 is 1.57 bits per heavy atom. The first-order valence-corrected chi connectivity index (χ1v) is 8.77. The fourth-order valence-electron chi connectivity index (χ4n) is 2.87. The van der Waals surface area contributed by atoms with Gasteiger partial charge in [-0.15, -0.1) is 0 Å². The number of phenolic OH excluding ortho intramolecular Hbond substituents is 1. The Kier molecular flexibility index (Phi) is 7.51. The van der Waals surface area contributed by atoms with Crippen molar-refractivity contribution in [3.63, 3.8) is 0 Å². The van der Waals surface area contributed by atoms with E-state index in [1.165, 1.54) is 32.1 Å². The normalized spacial score (nSPS) is 12.0. The van der Waals surface area contributed by atoms with Crippen LogP contribution in [0.4, 0.5) is 0 Å². The van der Waals surface area contributed by atoms with E-state index in [0.29, 0.717) is 12.4 Å². The van der Waals surface area contributed by atoms with Crippen LogP contribution in [-0.2, 0) is 0 Å². The van der Waals surface area contributed by atoms with Crippen molar-refractivity contribution in [2.75, 3.05) is 6.61 Å². The Morgan fingerprint density at radius 1 is 0.870 bits per heavy atom. The molecule has 0 bridgehead atoms. The first-order chi connectivity index (χ1) is 11.3. The van der Waals surface area contributed by atoms with Crippen LogP contribution in [0, 0.1) is 0 Å². The number of hydrogen-bond donors (Lipinski definition) is 1. The van der Waals surface area contributed by atoms with Crippen LogP contribution in [0.25, 0.3) is 0 Å². The summed E-state index contributed by atoms with van der Waals surface area (Å²) in [5.41, 5.74) is 0.999. The predicted octanol–water partition coefficient (Wildman–Crippen LogP) is 5.92. The van der Waals surface area contributed by atoms with Gasteiger partial charge < -0.3 is 9.84 Å². The number of para-hydroxylation sites is 2. The number of hydrogen-bond acceptors (Lipinski definition) is 2. The number of aromatic hydroxyl groups is 1. The molecule has 0 spiro atoms. The van der Waals surface area contributed by atoms with Gasteiger partial charge in [0, 0.05) is 11.5 Å². The fraction of sp³-hybridized carbons (Fsp3) is 0.429. The molecular formula is C21H28O2. The quantitative estimate of drug-likeness (QED) is 0.552. The lowest BCUT2D eigenvalue weighted by Gasteiger charge is -2.19. The molecule has 1 N–H and O–H groups in total. The van der Waals surface area contributed by atoms with Crippen LogP contribution in [0.1, 0.15) is 56.9 Å². The van der Waals surface area contributed by atoms with E-state index < -0.39 is 0 Å². The zero-order valence-corrected chi connectivity index (χ0v) is 14.1. The molecular weight excluding hydrogens is 284 g/mol. The molecule has 0 radical (unpaired) electrons. The third kappa shape index (κ3) is 5.97. The maximum atomic E-state index is 10.2.